The van der Waals surface area contributed by atoms with E-state index in [0.717, 1.165) is 15.2 Å². The van der Waals surface area contributed by atoms with Crippen molar-refractivity contribution in [2.75, 3.05) is 7.05 Å². The molecular formula is C17H15N3O2S2. The SMILES string of the molecule is CN(Cc1nc2ccccc2s1)S(=O)(=O)Cc1ccc(C#N)cc1. The number of nitrogens with zero attached hydrogens (tertiary/aromatic N) is 3. The second-order valence-electron chi connectivity index (χ2n) is 5.40. The van der Waals surface area contributed by atoms with E-state index in [-0.39, 0.29) is 12.3 Å². The standard InChI is InChI=1S/C17H15N3O2S2/c1-20(11-17-19-15-4-2-3-5-16(15)23-17)24(21,22)12-14-8-6-13(10-18)7-9-14/h2-9H,11-12H2,1H3. The van der Waals surface area contributed by atoms with Crippen LogP contribution in [0.2, 0.25) is 0 Å². The molecule has 0 saturated heterocycles. The lowest BCUT2D eigenvalue weighted by molar-refractivity contribution is 0.465. The number of fused-ring (bicyclic) bond motifs is 1. The minimum Gasteiger partial charge on any atom is -0.240 e. The maximum Gasteiger partial charge on any atom is 0.218 e. The molecule has 0 radical (unpaired) electrons. The first kappa shape index (κ1) is 16.6. The van der Waals surface area contributed by atoms with Crippen LogP contribution in [0.15, 0.2) is 48.5 Å². The van der Waals surface area contributed by atoms with Gasteiger partial charge in [-0.15, -0.1) is 11.3 Å². The van der Waals surface area contributed by atoms with Gasteiger partial charge in [0.2, 0.25) is 10.0 Å². The number of para-hydroxylation sites is 1. The van der Waals surface area contributed by atoms with Crippen molar-refractivity contribution < 1.29 is 8.42 Å². The molecule has 122 valence electrons. The van der Waals surface area contributed by atoms with Crippen LogP contribution in [-0.4, -0.2) is 24.8 Å². The molecule has 7 heteroatoms. The van der Waals surface area contributed by atoms with E-state index >= 15 is 0 Å². The molecule has 2 aromatic carbocycles. The number of thiazole rings is 1. The minimum atomic E-state index is -3.45. The topological polar surface area (TPSA) is 74.1 Å². The summed E-state index contributed by atoms with van der Waals surface area (Å²) in [6.07, 6.45) is 0. The summed E-state index contributed by atoms with van der Waals surface area (Å²) in [4.78, 5) is 4.47. The molecule has 0 aliphatic carbocycles. The Bertz CT molecular complexity index is 969. The number of nitriles is 1. The average Bonchev–Trinajstić information content (AvgIpc) is 2.97. The van der Waals surface area contributed by atoms with Crippen molar-refractivity contribution in [3.05, 3.63) is 64.7 Å². The van der Waals surface area contributed by atoms with E-state index in [0.29, 0.717) is 11.1 Å². The molecule has 1 aromatic heterocycles. The monoisotopic (exact) mass is 357 g/mol. The number of benzene rings is 2. The fraction of sp³-hybridized carbons (Fsp3) is 0.176. The Kier molecular flexibility index (Phi) is 4.62. The van der Waals surface area contributed by atoms with Crippen LogP contribution in [0.25, 0.3) is 10.2 Å². The Hall–Kier alpha value is -2.27. The summed E-state index contributed by atoms with van der Waals surface area (Å²) in [5.41, 5.74) is 2.06. The molecule has 0 amide bonds. The van der Waals surface area contributed by atoms with Gasteiger partial charge in [-0.05, 0) is 29.8 Å². The first-order valence-electron chi connectivity index (χ1n) is 7.25. The normalized spacial score (nSPS) is 11.7. The molecule has 0 aliphatic heterocycles. The fourth-order valence-electron chi connectivity index (χ4n) is 2.27. The summed E-state index contributed by atoms with van der Waals surface area (Å²) in [7, 11) is -1.89. The summed E-state index contributed by atoms with van der Waals surface area (Å²) < 4.78 is 27.4. The molecule has 0 atom stereocenters. The first-order valence-corrected chi connectivity index (χ1v) is 9.68. The maximum atomic E-state index is 12.5. The molecular weight excluding hydrogens is 342 g/mol. The molecule has 3 aromatic rings. The average molecular weight is 357 g/mol. The van der Waals surface area contributed by atoms with E-state index in [2.05, 4.69) is 4.98 Å². The van der Waals surface area contributed by atoms with Crippen molar-refractivity contribution in [3.63, 3.8) is 0 Å². The third-order valence-electron chi connectivity index (χ3n) is 3.60. The molecule has 0 bridgehead atoms. The quantitative estimate of drug-likeness (QED) is 0.703. The van der Waals surface area contributed by atoms with Gasteiger partial charge in [-0.25, -0.2) is 13.4 Å². The van der Waals surface area contributed by atoms with E-state index in [9.17, 15) is 8.42 Å². The lowest BCUT2D eigenvalue weighted by Crippen LogP contribution is -2.27. The van der Waals surface area contributed by atoms with Gasteiger partial charge >= 0.3 is 0 Å². The molecule has 0 saturated carbocycles. The molecule has 5 nitrogen and oxygen atoms in total. The Balaban J connectivity index is 1.74. The van der Waals surface area contributed by atoms with Crippen LogP contribution in [0, 0.1) is 11.3 Å². The molecule has 0 unspecified atom stereocenters. The first-order chi connectivity index (χ1) is 11.5. The zero-order chi connectivity index (χ0) is 17.2. The van der Waals surface area contributed by atoms with Crippen molar-refractivity contribution in [1.29, 1.82) is 5.26 Å². The summed E-state index contributed by atoms with van der Waals surface area (Å²) in [5.74, 6) is -0.0971. The number of aromatic nitrogens is 1. The zero-order valence-electron chi connectivity index (χ0n) is 13.0. The van der Waals surface area contributed by atoms with Crippen molar-refractivity contribution >= 4 is 31.6 Å². The highest BCUT2D eigenvalue weighted by Crippen LogP contribution is 2.23. The Labute approximate surface area is 144 Å². The number of sulfonamides is 1. The van der Waals surface area contributed by atoms with Gasteiger partial charge in [0, 0.05) is 7.05 Å². The second kappa shape index (κ2) is 6.69. The number of hydrogen-bond donors (Lipinski definition) is 0. The van der Waals surface area contributed by atoms with Gasteiger partial charge < -0.3 is 0 Å². The summed E-state index contributed by atoms with van der Waals surface area (Å²) >= 11 is 1.50. The fourth-order valence-corrected chi connectivity index (χ4v) is 4.53. The van der Waals surface area contributed by atoms with Crippen LogP contribution < -0.4 is 0 Å². The van der Waals surface area contributed by atoms with Gasteiger partial charge in [0.15, 0.2) is 0 Å². The van der Waals surface area contributed by atoms with Crippen molar-refractivity contribution in [1.82, 2.24) is 9.29 Å². The van der Waals surface area contributed by atoms with Crippen LogP contribution in [-0.2, 0) is 22.3 Å². The van der Waals surface area contributed by atoms with Gasteiger partial charge in [-0.1, -0.05) is 24.3 Å². The van der Waals surface area contributed by atoms with Gasteiger partial charge in [0.1, 0.15) is 5.01 Å². The largest absolute Gasteiger partial charge is 0.240 e. The van der Waals surface area contributed by atoms with Crippen LogP contribution in [0.3, 0.4) is 0 Å². The van der Waals surface area contributed by atoms with E-state index in [4.69, 9.17) is 5.26 Å². The third kappa shape index (κ3) is 3.62. The van der Waals surface area contributed by atoms with E-state index in [1.165, 1.54) is 15.6 Å². The predicted molar refractivity (Wildman–Crippen MR) is 94.9 cm³/mol. The Morgan fingerprint density at radius 2 is 1.88 bits per heavy atom. The van der Waals surface area contributed by atoms with E-state index in [1.807, 2.05) is 30.3 Å². The third-order valence-corrected chi connectivity index (χ3v) is 6.40. The van der Waals surface area contributed by atoms with Gasteiger partial charge in [-0.2, -0.15) is 9.57 Å². The lowest BCUT2D eigenvalue weighted by Gasteiger charge is -2.15. The highest BCUT2D eigenvalue weighted by molar-refractivity contribution is 7.88. The zero-order valence-corrected chi connectivity index (χ0v) is 14.6. The molecule has 0 fully saturated rings. The van der Waals surface area contributed by atoms with Crippen molar-refractivity contribution in [2.45, 2.75) is 12.3 Å². The van der Waals surface area contributed by atoms with Gasteiger partial charge in [-0.3, -0.25) is 0 Å². The summed E-state index contributed by atoms with van der Waals surface area (Å²) in [5, 5.41) is 9.56. The molecule has 3 rings (SSSR count). The predicted octanol–water partition coefficient (Wildman–Crippen LogP) is 3.13. The lowest BCUT2D eigenvalue weighted by atomic mass is 10.2. The minimum absolute atomic E-state index is 0.0971. The van der Waals surface area contributed by atoms with Crippen molar-refractivity contribution in [2.24, 2.45) is 0 Å². The van der Waals surface area contributed by atoms with Crippen LogP contribution in [0.1, 0.15) is 16.1 Å². The summed E-state index contributed by atoms with van der Waals surface area (Å²) in [6, 6.07) is 16.3. The molecule has 0 spiro atoms. The maximum absolute atomic E-state index is 12.5. The van der Waals surface area contributed by atoms with E-state index < -0.39 is 10.0 Å². The summed E-state index contributed by atoms with van der Waals surface area (Å²) in [6.45, 7) is 0.248. The Morgan fingerprint density at radius 1 is 1.17 bits per heavy atom. The van der Waals surface area contributed by atoms with Crippen LogP contribution >= 0.6 is 11.3 Å². The Morgan fingerprint density at radius 3 is 2.54 bits per heavy atom. The van der Waals surface area contributed by atoms with Gasteiger partial charge in [0.05, 0.1) is 34.1 Å². The molecule has 1 heterocycles. The number of rotatable bonds is 5. The molecule has 0 aliphatic rings. The highest BCUT2D eigenvalue weighted by atomic mass is 32.2. The molecule has 0 N–H and O–H groups in total. The van der Waals surface area contributed by atoms with Crippen molar-refractivity contribution in [3.8, 4) is 6.07 Å². The molecule has 24 heavy (non-hydrogen) atoms. The van der Waals surface area contributed by atoms with Gasteiger partial charge in [0.25, 0.3) is 0 Å². The highest BCUT2D eigenvalue weighted by Gasteiger charge is 2.20. The van der Waals surface area contributed by atoms with Crippen LogP contribution in [0.4, 0.5) is 0 Å². The number of hydrogen-bond acceptors (Lipinski definition) is 5. The van der Waals surface area contributed by atoms with E-state index in [1.54, 1.807) is 31.3 Å². The van der Waals surface area contributed by atoms with Crippen LogP contribution in [0.5, 0.6) is 0 Å². The smallest absolute Gasteiger partial charge is 0.218 e. The second-order valence-corrected chi connectivity index (χ2v) is 8.59.